The fourth-order valence-electron chi connectivity index (χ4n) is 1.47. The van der Waals surface area contributed by atoms with Crippen molar-refractivity contribution in [3.63, 3.8) is 0 Å². The second-order valence-electron chi connectivity index (χ2n) is 3.83. The molecule has 0 atom stereocenters. The third-order valence-corrected chi connectivity index (χ3v) is 4.25. The Morgan fingerprint density at radius 1 is 1.30 bits per heavy atom. The Labute approximate surface area is 124 Å². The molecule has 1 aromatic heterocycles. The normalized spacial score (nSPS) is 10.8. The summed E-state index contributed by atoms with van der Waals surface area (Å²) >= 11 is 3.15. The fourth-order valence-corrected chi connectivity index (χ4v) is 3.12. The summed E-state index contributed by atoms with van der Waals surface area (Å²) in [6.07, 6.45) is 1.41. The van der Waals surface area contributed by atoms with Crippen molar-refractivity contribution in [3.8, 4) is 6.07 Å². The van der Waals surface area contributed by atoms with Crippen LogP contribution in [0, 0.1) is 11.3 Å². The molecule has 2 rings (SSSR count). The van der Waals surface area contributed by atoms with E-state index in [2.05, 4.69) is 25.6 Å². The number of nitriles is 1. The van der Waals surface area contributed by atoms with E-state index in [1.807, 2.05) is 6.07 Å². The first kappa shape index (κ1) is 14.3. The van der Waals surface area contributed by atoms with Gasteiger partial charge in [-0.05, 0) is 46.3 Å². The minimum absolute atomic E-state index is 0.0886. The highest BCUT2D eigenvalue weighted by Gasteiger charge is 2.19. The van der Waals surface area contributed by atoms with Gasteiger partial charge in [-0.3, -0.25) is 4.72 Å². The van der Waals surface area contributed by atoms with Gasteiger partial charge in [-0.1, -0.05) is 0 Å². The summed E-state index contributed by atoms with van der Waals surface area (Å²) in [6.45, 7) is 0. The Bertz CT molecular complexity index is 782. The van der Waals surface area contributed by atoms with E-state index in [9.17, 15) is 8.42 Å². The zero-order valence-corrected chi connectivity index (χ0v) is 12.4. The number of sulfonamides is 1. The molecular formula is C12H9BrN4O2S. The lowest BCUT2D eigenvalue weighted by Gasteiger charge is -2.09. The van der Waals surface area contributed by atoms with Gasteiger partial charge in [-0.25, -0.2) is 13.4 Å². The van der Waals surface area contributed by atoms with Gasteiger partial charge >= 0.3 is 0 Å². The molecule has 0 fully saturated rings. The van der Waals surface area contributed by atoms with Gasteiger partial charge in [0.25, 0.3) is 10.0 Å². The monoisotopic (exact) mass is 352 g/mol. The van der Waals surface area contributed by atoms with Gasteiger partial charge < -0.3 is 5.73 Å². The highest BCUT2D eigenvalue weighted by Crippen LogP contribution is 2.23. The second-order valence-corrected chi connectivity index (χ2v) is 6.40. The van der Waals surface area contributed by atoms with Crippen LogP contribution in [-0.2, 0) is 10.0 Å². The van der Waals surface area contributed by atoms with Crippen LogP contribution in [0.25, 0.3) is 0 Å². The molecule has 6 nitrogen and oxygen atoms in total. The molecule has 0 spiro atoms. The zero-order chi connectivity index (χ0) is 14.8. The van der Waals surface area contributed by atoms with Crippen LogP contribution in [0.3, 0.4) is 0 Å². The molecule has 0 bridgehead atoms. The number of nitrogens with two attached hydrogens (primary N) is 1. The van der Waals surface area contributed by atoms with E-state index in [1.165, 1.54) is 36.5 Å². The van der Waals surface area contributed by atoms with E-state index in [1.54, 1.807) is 0 Å². The first-order chi connectivity index (χ1) is 9.42. The lowest BCUT2D eigenvalue weighted by atomic mass is 10.2. The molecule has 2 aromatic rings. The Hall–Kier alpha value is -2.11. The van der Waals surface area contributed by atoms with E-state index in [0.717, 1.165) is 0 Å². The number of anilines is 2. The fraction of sp³-hybridized carbons (Fsp3) is 0. The zero-order valence-electron chi connectivity index (χ0n) is 10.0. The number of nitrogens with zero attached hydrogens (tertiary/aromatic N) is 2. The van der Waals surface area contributed by atoms with Crippen molar-refractivity contribution in [2.45, 2.75) is 4.90 Å². The number of benzene rings is 1. The summed E-state index contributed by atoms with van der Waals surface area (Å²) < 4.78 is 27.3. The minimum Gasteiger partial charge on any atom is -0.383 e. The largest absolute Gasteiger partial charge is 0.383 e. The summed E-state index contributed by atoms with van der Waals surface area (Å²) in [7, 11) is -3.84. The molecule has 8 heteroatoms. The second kappa shape index (κ2) is 5.48. The molecule has 0 amide bonds. The van der Waals surface area contributed by atoms with Crippen molar-refractivity contribution < 1.29 is 8.42 Å². The van der Waals surface area contributed by atoms with Gasteiger partial charge in [-0.15, -0.1) is 0 Å². The van der Waals surface area contributed by atoms with Crippen molar-refractivity contribution in [3.05, 3.63) is 46.6 Å². The van der Waals surface area contributed by atoms with Crippen LogP contribution in [-0.4, -0.2) is 13.4 Å². The maximum absolute atomic E-state index is 12.2. The highest BCUT2D eigenvalue weighted by molar-refractivity contribution is 9.10. The average molecular weight is 353 g/mol. The number of aromatic nitrogens is 1. The van der Waals surface area contributed by atoms with Crippen LogP contribution >= 0.6 is 15.9 Å². The first-order valence-electron chi connectivity index (χ1n) is 5.36. The minimum atomic E-state index is -3.84. The average Bonchev–Trinajstić information content (AvgIpc) is 2.42. The van der Waals surface area contributed by atoms with Crippen LogP contribution in [0.15, 0.2) is 45.9 Å². The van der Waals surface area contributed by atoms with Gasteiger partial charge in [0.05, 0.1) is 11.6 Å². The molecule has 102 valence electrons. The summed E-state index contributed by atoms with van der Waals surface area (Å²) in [5.74, 6) is -0.0886. The molecule has 0 radical (unpaired) electrons. The van der Waals surface area contributed by atoms with E-state index in [-0.39, 0.29) is 10.7 Å². The lowest BCUT2D eigenvalue weighted by Crippen LogP contribution is -2.15. The molecule has 0 unspecified atom stereocenters. The molecule has 20 heavy (non-hydrogen) atoms. The van der Waals surface area contributed by atoms with E-state index < -0.39 is 10.0 Å². The van der Waals surface area contributed by atoms with Crippen molar-refractivity contribution in [1.82, 2.24) is 4.98 Å². The molecule has 0 aliphatic carbocycles. The van der Waals surface area contributed by atoms with Crippen molar-refractivity contribution in [2.24, 2.45) is 0 Å². The number of hydrogen-bond donors (Lipinski definition) is 2. The molecule has 1 aromatic carbocycles. The quantitative estimate of drug-likeness (QED) is 0.878. The molecule has 0 saturated heterocycles. The Kier molecular flexibility index (Phi) is 3.92. The van der Waals surface area contributed by atoms with E-state index >= 15 is 0 Å². The van der Waals surface area contributed by atoms with Crippen molar-refractivity contribution in [2.75, 3.05) is 10.5 Å². The van der Waals surface area contributed by atoms with E-state index in [4.69, 9.17) is 11.0 Å². The Morgan fingerprint density at radius 2 is 1.95 bits per heavy atom. The van der Waals surface area contributed by atoms with Gasteiger partial charge in [0.1, 0.15) is 10.7 Å². The van der Waals surface area contributed by atoms with Crippen LogP contribution in [0.5, 0.6) is 0 Å². The predicted molar refractivity (Wildman–Crippen MR) is 78.3 cm³/mol. The summed E-state index contributed by atoms with van der Waals surface area (Å²) in [5.41, 5.74) is 6.36. The third-order valence-electron chi connectivity index (χ3n) is 2.40. The van der Waals surface area contributed by atoms with Gasteiger partial charge in [-0.2, -0.15) is 5.26 Å². The Balaban J connectivity index is 2.35. The maximum atomic E-state index is 12.2. The van der Waals surface area contributed by atoms with Crippen LogP contribution in [0.2, 0.25) is 0 Å². The smallest absolute Gasteiger partial charge is 0.265 e. The number of nitrogen functional groups attached to an aromatic ring is 1. The molecule has 1 heterocycles. The molecule has 3 N–H and O–H groups in total. The van der Waals surface area contributed by atoms with Gasteiger partial charge in [0, 0.05) is 16.4 Å². The van der Waals surface area contributed by atoms with Gasteiger partial charge in [0.2, 0.25) is 0 Å². The lowest BCUT2D eigenvalue weighted by molar-refractivity contribution is 0.601. The number of pyridine rings is 1. The summed E-state index contributed by atoms with van der Waals surface area (Å²) in [4.78, 5) is 3.67. The number of hydrogen-bond acceptors (Lipinski definition) is 5. The molecular weight excluding hydrogens is 344 g/mol. The molecule has 0 aliphatic rings. The molecule has 0 aliphatic heterocycles. The maximum Gasteiger partial charge on any atom is 0.265 e. The standard InChI is InChI=1S/C12H9BrN4O2S/c13-9-5-11(12(15)16-7-9)20(18,19)17-10-3-1-8(6-14)2-4-10/h1-5,7,17H,(H2,15,16). The van der Waals surface area contributed by atoms with Crippen LogP contribution < -0.4 is 10.5 Å². The van der Waals surface area contributed by atoms with Gasteiger partial charge in [0.15, 0.2) is 0 Å². The van der Waals surface area contributed by atoms with E-state index in [0.29, 0.717) is 15.7 Å². The van der Waals surface area contributed by atoms with Crippen molar-refractivity contribution in [1.29, 1.82) is 5.26 Å². The summed E-state index contributed by atoms with van der Waals surface area (Å²) in [5, 5.41) is 8.69. The number of rotatable bonds is 3. The predicted octanol–water partition coefficient (Wildman–Crippen LogP) is 2.10. The highest BCUT2D eigenvalue weighted by atomic mass is 79.9. The number of halogens is 1. The third kappa shape index (κ3) is 3.07. The van der Waals surface area contributed by atoms with Crippen LogP contribution in [0.1, 0.15) is 5.56 Å². The summed E-state index contributed by atoms with van der Waals surface area (Å²) in [6, 6.07) is 9.35. The first-order valence-corrected chi connectivity index (χ1v) is 7.64. The van der Waals surface area contributed by atoms with Crippen molar-refractivity contribution >= 4 is 37.5 Å². The Morgan fingerprint density at radius 3 is 2.55 bits per heavy atom. The number of nitrogens with one attached hydrogen (secondary N) is 1. The topological polar surface area (TPSA) is 109 Å². The van der Waals surface area contributed by atoms with Crippen LogP contribution in [0.4, 0.5) is 11.5 Å². The SMILES string of the molecule is N#Cc1ccc(NS(=O)(=O)c2cc(Br)cnc2N)cc1. The molecule has 0 saturated carbocycles.